The minimum Gasteiger partial charge on any atom is -0.496 e. The first kappa shape index (κ1) is 12.2. The van der Waals surface area contributed by atoms with Crippen LogP contribution in [0.5, 0.6) is 5.75 Å². The highest BCUT2D eigenvalue weighted by Gasteiger charge is 2.11. The summed E-state index contributed by atoms with van der Waals surface area (Å²) in [6.07, 6.45) is 6.94. The lowest BCUT2D eigenvalue weighted by Gasteiger charge is -2.10. The van der Waals surface area contributed by atoms with Crippen LogP contribution >= 0.6 is 0 Å². The Labute approximate surface area is 103 Å². The molecule has 0 spiro atoms. The molecule has 92 valence electrons. The van der Waals surface area contributed by atoms with Crippen molar-refractivity contribution < 1.29 is 9.84 Å². The highest BCUT2D eigenvalue weighted by Crippen LogP contribution is 2.25. The van der Waals surface area contributed by atoms with Crippen LogP contribution in [0.15, 0.2) is 35.9 Å². The van der Waals surface area contributed by atoms with Crippen molar-refractivity contribution in [2.75, 3.05) is 7.11 Å². The van der Waals surface area contributed by atoms with E-state index in [1.807, 2.05) is 24.3 Å². The Morgan fingerprint density at radius 1 is 1.29 bits per heavy atom. The van der Waals surface area contributed by atoms with Gasteiger partial charge in [0.05, 0.1) is 13.2 Å². The van der Waals surface area contributed by atoms with Gasteiger partial charge < -0.3 is 9.84 Å². The second-order valence-corrected chi connectivity index (χ2v) is 4.63. The molecule has 0 heterocycles. The zero-order valence-corrected chi connectivity index (χ0v) is 10.4. The molecule has 1 aliphatic rings. The Bertz CT molecular complexity index is 396. The molecule has 2 rings (SSSR count). The minimum atomic E-state index is -0.262. The fourth-order valence-electron chi connectivity index (χ4n) is 2.39. The van der Waals surface area contributed by atoms with Gasteiger partial charge >= 0.3 is 0 Å². The normalized spacial score (nSPS) is 20.6. The topological polar surface area (TPSA) is 29.5 Å². The number of ether oxygens (including phenoxy) is 1. The van der Waals surface area contributed by atoms with Crippen molar-refractivity contribution in [2.24, 2.45) is 0 Å². The molecule has 0 amide bonds. The first-order chi connectivity index (χ1) is 8.29. The van der Waals surface area contributed by atoms with Gasteiger partial charge in [0.15, 0.2) is 0 Å². The average molecular weight is 232 g/mol. The van der Waals surface area contributed by atoms with E-state index in [1.165, 1.54) is 17.6 Å². The maximum atomic E-state index is 9.76. The standard InChI is InChI=1S/C15H20O2/c1-17-15-9-5-3-7-13(15)10-12-6-2-4-8-14(16)11-12/h3,5,7,9,11,14,16H,2,4,6,8,10H2,1H3. The van der Waals surface area contributed by atoms with E-state index in [1.54, 1.807) is 7.11 Å². The van der Waals surface area contributed by atoms with Gasteiger partial charge in [0, 0.05) is 0 Å². The number of rotatable bonds is 3. The molecule has 0 aromatic heterocycles. The third-order valence-corrected chi connectivity index (χ3v) is 3.29. The third kappa shape index (κ3) is 3.34. The molecule has 0 fully saturated rings. The molecule has 1 aliphatic carbocycles. The summed E-state index contributed by atoms with van der Waals surface area (Å²) in [5.41, 5.74) is 2.54. The van der Waals surface area contributed by atoms with Crippen molar-refractivity contribution in [3.8, 4) is 5.75 Å². The number of para-hydroxylation sites is 1. The Hall–Kier alpha value is -1.28. The van der Waals surface area contributed by atoms with Crippen LogP contribution < -0.4 is 4.74 Å². The first-order valence-electron chi connectivity index (χ1n) is 6.29. The predicted octanol–water partition coefficient (Wildman–Crippen LogP) is 3.10. The van der Waals surface area contributed by atoms with Crippen LogP contribution in [0.4, 0.5) is 0 Å². The fourth-order valence-corrected chi connectivity index (χ4v) is 2.39. The van der Waals surface area contributed by atoms with E-state index in [0.29, 0.717) is 0 Å². The molecule has 2 nitrogen and oxygen atoms in total. The maximum absolute atomic E-state index is 9.76. The minimum absolute atomic E-state index is 0.262. The van der Waals surface area contributed by atoms with E-state index in [4.69, 9.17) is 4.74 Å². The summed E-state index contributed by atoms with van der Waals surface area (Å²) in [4.78, 5) is 0. The summed E-state index contributed by atoms with van der Waals surface area (Å²) < 4.78 is 5.36. The van der Waals surface area contributed by atoms with Gasteiger partial charge in [-0.1, -0.05) is 36.3 Å². The maximum Gasteiger partial charge on any atom is 0.122 e. The molecule has 0 radical (unpaired) electrons. The van der Waals surface area contributed by atoms with E-state index >= 15 is 0 Å². The second kappa shape index (κ2) is 5.87. The molecular formula is C15H20O2. The van der Waals surface area contributed by atoms with Crippen LogP contribution in [-0.4, -0.2) is 18.3 Å². The second-order valence-electron chi connectivity index (χ2n) is 4.63. The first-order valence-corrected chi connectivity index (χ1v) is 6.29. The van der Waals surface area contributed by atoms with E-state index < -0.39 is 0 Å². The molecule has 1 N–H and O–H groups in total. The van der Waals surface area contributed by atoms with E-state index in [9.17, 15) is 5.11 Å². The average Bonchev–Trinajstić information content (AvgIpc) is 2.54. The summed E-state index contributed by atoms with van der Waals surface area (Å²) in [7, 11) is 1.70. The van der Waals surface area contributed by atoms with Crippen LogP contribution in [0.2, 0.25) is 0 Å². The van der Waals surface area contributed by atoms with Gasteiger partial charge in [-0.15, -0.1) is 0 Å². The Morgan fingerprint density at radius 2 is 2.12 bits per heavy atom. The van der Waals surface area contributed by atoms with Crippen LogP contribution in [0.1, 0.15) is 31.2 Å². The number of allylic oxidation sites excluding steroid dienone is 1. The molecule has 0 saturated heterocycles. The van der Waals surface area contributed by atoms with Gasteiger partial charge in [0.2, 0.25) is 0 Å². The SMILES string of the molecule is COc1ccccc1CC1=CC(O)CCCC1. The van der Waals surface area contributed by atoms with Crippen molar-refractivity contribution in [3.05, 3.63) is 41.5 Å². The summed E-state index contributed by atoms with van der Waals surface area (Å²) in [5.74, 6) is 0.937. The van der Waals surface area contributed by atoms with Crippen molar-refractivity contribution in [1.82, 2.24) is 0 Å². The van der Waals surface area contributed by atoms with Crippen molar-refractivity contribution in [1.29, 1.82) is 0 Å². The Balaban J connectivity index is 2.13. The summed E-state index contributed by atoms with van der Waals surface area (Å²) in [6, 6.07) is 8.10. The van der Waals surface area contributed by atoms with Gasteiger partial charge in [-0.2, -0.15) is 0 Å². The molecular weight excluding hydrogens is 212 g/mol. The Kier molecular flexibility index (Phi) is 4.21. The molecule has 1 atom stereocenters. The Morgan fingerprint density at radius 3 is 2.94 bits per heavy atom. The molecule has 17 heavy (non-hydrogen) atoms. The van der Waals surface area contributed by atoms with Crippen LogP contribution in [0.25, 0.3) is 0 Å². The highest BCUT2D eigenvalue weighted by molar-refractivity contribution is 5.36. The van der Waals surface area contributed by atoms with Crippen LogP contribution in [0.3, 0.4) is 0 Å². The lowest BCUT2D eigenvalue weighted by atomic mass is 10.0. The molecule has 0 aliphatic heterocycles. The molecule has 1 aromatic carbocycles. The predicted molar refractivity (Wildman–Crippen MR) is 69.3 cm³/mol. The molecule has 0 saturated carbocycles. The van der Waals surface area contributed by atoms with E-state index in [2.05, 4.69) is 6.07 Å². The molecule has 1 aromatic rings. The summed E-state index contributed by atoms with van der Waals surface area (Å²) in [6.45, 7) is 0. The number of hydrogen-bond donors (Lipinski definition) is 1. The monoisotopic (exact) mass is 232 g/mol. The smallest absolute Gasteiger partial charge is 0.122 e. The lowest BCUT2D eigenvalue weighted by molar-refractivity contribution is 0.211. The summed E-state index contributed by atoms with van der Waals surface area (Å²) >= 11 is 0. The van der Waals surface area contributed by atoms with Crippen molar-refractivity contribution in [2.45, 2.75) is 38.2 Å². The largest absolute Gasteiger partial charge is 0.496 e. The zero-order chi connectivity index (χ0) is 12.1. The highest BCUT2D eigenvalue weighted by atomic mass is 16.5. The van der Waals surface area contributed by atoms with Gasteiger partial charge in [0.1, 0.15) is 5.75 Å². The van der Waals surface area contributed by atoms with E-state index in [-0.39, 0.29) is 6.10 Å². The molecule has 0 bridgehead atoms. The van der Waals surface area contributed by atoms with Crippen LogP contribution in [-0.2, 0) is 6.42 Å². The number of methoxy groups -OCH3 is 1. The quantitative estimate of drug-likeness (QED) is 0.811. The zero-order valence-electron chi connectivity index (χ0n) is 10.4. The molecule has 1 unspecified atom stereocenters. The van der Waals surface area contributed by atoms with Gasteiger partial charge in [-0.05, 0) is 37.3 Å². The lowest BCUT2D eigenvalue weighted by Crippen LogP contribution is -2.01. The van der Waals surface area contributed by atoms with Crippen molar-refractivity contribution >= 4 is 0 Å². The van der Waals surface area contributed by atoms with E-state index in [0.717, 1.165) is 31.4 Å². The van der Waals surface area contributed by atoms with Crippen molar-refractivity contribution in [3.63, 3.8) is 0 Å². The fraction of sp³-hybridized carbons (Fsp3) is 0.467. The number of hydrogen-bond acceptors (Lipinski definition) is 2. The third-order valence-electron chi connectivity index (χ3n) is 3.29. The van der Waals surface area contributed by atoms with Gasteiger partial charge in [0.25, 0.3) is 0 Å². The number of benzene rings is 1. The van der Waals surface area contributed by atoms with Gasteiger partial charge in [-0.3, -0.25) is 0 Å². The van der Waals surface area contributed by atoms with Crippen LogP contribution in [0, 0.1) is 0 Å². The molecule has 2 heteroatoms. The number of aliphatic hydroxyl groups is 1. The number of aliphatic hydroxyl groups excluding tert-OH is 1. The summed E-state index contributed by atoms with van der Waals surface area (Å²) in [5, 5.41) is 9.76. The van der Waals surface area contributed by atoms with Gasteiger partial charge in [-0.25, -0.2) is 0 Å².